The normalized spacial score (nSPS) is 16.3. The van der Waals surface area contributed by atoms with Gasteiger partial charge in [0.05, 0.1) is 10.5 Å². The molecule has 8 heteroatoms. The van der Waals surface area contributed by atoms with Gasteiger partial charge < -0.3 is 9.15 Å². The number of aryl methyl sites for hydroxylation is 1. The quantitative estimate of drug-likeness (QED) is 0.260. The third-order valence-corrected chi connectivity index (χ3v) is 4.78. The lowest BCUT2D eigenvalue weighted by molar-refractivity contribution is -0.384. The van der Waals surface area contributed by atoms with Gasteiger partial charge >= 0.3 is 5.63 Å². The number of benzene rings is 1. The highest BCUT2D eigenvalue weighted by molar-refractivity contribution is 14.1. The van der Waals surface area contributed by atoms with Crippen LogP contribution in [0.4, 0.5) is 5.69 Å². The van der Waals surface area contributed by atoms with Gasteiger partial charge in [-0.25, -0.2) is 4.79 Å². The highest BCUT2D eigenvalue weighted by atomic mass is 127. The molecule has 1 unspecified atom stereocenters. The van der Waals surface area contributed by atoms with Crippen LogP contribution in [0.3, 0.4) is 0 Å². The van der Waals surface area contributed by atoms with Crippen molar-refractivity contribution < 1.29 is 14.1 Å². The van der Waals surface area contributed by atoms with Crippen LogP contribution in [0.2, 0.25) is 0 Å². The van der Waals surface area contributed by atoms with E-state index in [-0.39, 0.29) is 17.7 Å². The molecule has 3 rings (SSSR count). The van der Waals surface area contributed by atoms with E-state index < -0.39 is 10.5 Å². The first-order chi connectivity index (χ1) is 11.4. The highest BCUT2D eigenvalue weighted by Crippen LogP contribution is 2.25. The lowest BCUT2D eigenvalue weighted by atomic mass is 9.95. The van der Waals surface area contributed by atoms with Crippen LogP contribution in [0.1, 0.15) is 23.3 Å². The van der Waals surface area contributed by atoms with Gasteiger partial charge in [0.1, 0.15) is 11.9 Å². The first-order valence-corrected chi connectivity index (χ1v) is 8.33. The fourth-order valence-electron chi connectivity index (χ4n) is 2.63. The summed E-state index contributed by atoms with van der Waals surface area (Å²) in [7, 11) is 0. The van der Waals surface area contributed by atoms with Crippen molar-refractivity contribution in [1.29, 1.82) is 5.41 Å². The van der Waals surface area contributed by atoms with Crippen LogP contribution >= 0.6 is 22.6 Å². The fourth-order valence-corrected chi connectivity index (χ4v) is 3.22. The molecule has 0 fully saturated rings. The van der Waals surface area contributed by atoms with Gasteiger partial charge in [0, 0.05) is 28.2 Å². The van der Waals surface area contributed by atoms with Crippen LogP contribution in [-0.2, 0) is 17.6 Å². The van der Waals surface area contributed by atoms with E-state index >= 15 is 0 Å². The van der Waals surface area contributed by atoms with Crippen molar-refractivity contribution in [3.05, 3.63) is 71.3 Å². The summed E-state index contributed by atoms with van der Waals surface area (Å²) in [5.41, 5.74) is 0.868. The molecule has 1 aromatic carbocycles. The van der Waals surface area contributed by atoms with E-state index in [1.165, 1.54) is 18.2 Å². The van der Waals surface area contributed by atoms with Crippen molar-refractivity contribution in [2.45, 2.75) is 25.4 Å². The summed E-state index contributed by atoms with van der Waals surface area (Å²) in [4.78, 5) is 21.7. The van der Waals surface area contributed by atoms with Crippen molar-refractivity contribution in [2.75, 3.05) is 0 Å². The van der Waals surface area contributed by atoms with Crippen molar-refractivity contribution in [1.82, 2.24) is 0 Å². The molecule has 1 heterocycles. The molecular weight excluding hydrogens is 427 g/mol. The predicted octanol–water partition coefficient (Wildman–Crippen LogP) is 3.05. The van der Waals surface area contributed by atoms with Crippen LogP contribution in [0.15, 0.2) is 39.5 Å². The van der Waals surface area contributed by atoms with E-state index in [1.54, 1.807) is 12.1 Å². The van der Waals surface area contributed by atoms with Crippen molar-refractivity contribution in [3.63, 3.8) is 0 Å². The molecular formula is C16H13IN2O5. The SMILES string of the molecule is N=C(OC1CCc2ccc(=O)oc2C1)c1cc([N+](=O)[O-])ccc1I. The molecule has 0 saturated carbocycles. The Kier molecular flexibility index (Phi) is 4.65. The number of nitrogens with zero attached hydrogens (tertiary/aromatic N) is 1. The maximum atomic E-state index is 11.3. The molecule has 2 aromatic rings. The van der Waals surface area contributed by atoms with E-state index in [1.807, 2.05) is 22.6 Å². The summed E-state index contributed by atoms with van der Waals surface area (Å²) >= 11 is 2.01. The topological polar surface area (TPSA) is 106 Å². The zero-order chi connectivity index (χ0) is 17.3. The lowest BCUT2D eigenvalue weighted by Gasteiger charge is -2.24. The maximum absolute atomic E-state index is 11.3. The monoisotopic (exact) mass is 440 g/mol. The molecule has 7 nitrogen and oxygen atoms in total. The Bertz CT molecular complexity index is 877. The van der Waals surface area contributed by atoms with E-state index in [9.17, 15) is 14.9 Å². The van der Waals surface area contributed by atoms with Gasteiger partial charge in [-0.1, -0.05) is 0 Å². The number of hydrogen-bond acceptors (Lipinski definition) is 6. The Labute approximate surface area is 150 Å². The number of fused-ring (bicyclic) bond motifs is 1. The molecule has 1 aliphatic rings. The molecule has 1 aromatic heterocycles. The van der Waals surface area contributed by atoms with Gasteiger partial charge in [-0.05, 0) is 53.1 Å². The minimum atomic E-state index is -0.502. The summed E-state index contributed by atoms with van der Waals surface area (Å²) < 4.78 is 11.6. The van der Waals surface area contributed by atoms with Gasteiger partial charge in [0.25, 0.3) is 5.69 Å². The number of nitrogens with one attached hydrogen (secondary N) is 1. The second-order valence-electron chi connectivity index (χ2n) is 5.44. The molecule has 0 spiro atoms. The first kappa shape index (κ1) is 16.6. The second-order valence-corrected chi connectivity index (χ2v) is 6.60. The van der Waals surface area contributed by atoms with Gasteiger partial charge in [0.15, 0.2) is 0 Å². The molecule has 0 radical (unpaired) electrons. The Morgan fingerprint density at radius 2 is 2.17 bits per heavy atom. The van der Waals surface area contributed by atoms with Gasteiger partial charge in [-0.15, -0.1) is 0 Å². The van der Waals surface area contributed by atoms with Crippen LogP contribution < -0.4 is 5.63 Å². The smallest absolute Gasteiger partial charge is 0.335 e. The van der Waals surface area contributed by atoms with E-state index in [0.717, 1.165) is 5.56 Å². The summed E-state index contributed by atoms with van der Waals surface area (Å²) in [5, 5.41) is 19.0. The minimum Gasteiger partial charge on any atom is -0.474 e. The molecule has 1 aliphatic carbocycles. The summed E-state index contributed by atoms with van der Waals surface area (Å²) in [5.74, 6) is 0.468. The molecule has 0 saturated heterocycles. The number of nitro benzene ring substituents is 1. The maximum Gasteiger partial charge on any atom is 0.335 e. The zero-order valence-electron chi connectivity index (χ0n) is 12.5. The Morgan fingerprint density at radius 1 is 1.38 bits per heavy atom. The van der Waals surface area contributed by atoms with Crippen LogP contribution in [-0.4, -0.2) is 16.9 Å². The average molecular weight is 440 g/mol. The fraction of sp³-hybridized carbons (Fsp3) is 0.250. The average Bonchev–Trinajstić information content (AvgIpc) is 2.54. The summed E-state index contributed by atoms with van der Waals surface area (Å²) in [6.07, 6.45) is 1.49. The molecule has 0 amide bonds. The zero-order valence-corrected chi connectivity index (χ0v) is 14.6. The lowest BCUT2D eigenvalue weighted by Crippen LogP contribution is -2.26. The molecule has 24 heavy (non-hydrogen) atoms. The van der Waals surface area contributed by atoms with E-state index in [2.05, 4.69) is 0 Å². The Balaban J connectivity index is 1.77. The van der Waals surface area contributed by atoms with E-state index in [4.69, 9.17) is 14.6 Å². The first-order valence-electron chi connectivity index (χ1n) is 7.25. The van der Waals surface area contributed by atoms with Crippen molar-refractivity contribution in [2.24, 2.45) is 0 Å². The van der Waals surface area contributed by atoms with Gasteiger partial charge in [-0.3, -0.25) is 15.5 Å². The molecule has 1 atom stereocenters. The number of halogens is 1. The number of rotatable bonds is 3. The molecule has 0 bridgehead atoms. The van der Waals surface area contributed by atoms with Crippen LogP contribution in [0.5, 0.6) is 0 Å². The van der Waals surface area contributed by atoms with Crippen molar-refractivity contribution >= 4 is 34.2 Å². The molecule has 124 valence electrons. The minimum absolute atomic E-state index is 0.0845. The second kappa shape index (κ2) is 6.71. The predicted molar refractivity (Wildman–Crippen MR) is 94.5 cm³/mol. The van der Waals surface area contributed by atoms with Crippen LogP contribution in [0, 0.1) is 19.1 Å². The highest BCUT2D eigenvalue weighted by Gasteiger charge is 2.24. The molecule has 1 N–H and O–H groups in total. The molecule has 0 aliphatic heterocycles. The Morgan fingerprint density at radius 3 is 2.92 bits per heavy atom. The van der Waals surface area contributed by atoms with Crippen molar-refractivity contribution in [3.8, 4) is 0 Å². The van der Waals surface area contributed by atoms with Crippen LogP contribution in [0.25, 0.3) is 0 Å². The summed E-state index contributed by atoms with van der Waals surface area (Å²) in [6.45, 7) is 0. The standard InChI is InChI=1S/C16H13IN2O5/c17-13-5-3-10(19(21)22)7-12(13)16(18)23-11-4-1-9-2-6-15(20)24-14(9)8-11/h2-3,5-7,11,18H,1,4,8H2. The number of ether oxygens (including phenoxy) is 1. The van der Waals surface area contributed by atoms with E-state index in [0.29, 0.717) is 34.2 Å². The largest absolute Gasteiger partial charge is 0.474 e. The third kappa shape index (κ3) is 3.48. The number of nitro groups is 1. The van der Waals surface area contributed by atoms with Gasteiger partial charge in [-0.2, -0.15) is 0 Å². The third-order valence-electron chi connectivity index (χ3n) is 3.84. The number of hydrogen-bond donors (Lipinski definition) is 1. The summed E-state index contributed by atoms with van der Waals surface area (Å²) in [6, 6.07) is 7.46. The Hall–Kier alpha value is -2.23. The van der Waals surface area contributed by atoms with Gasteiger partial charge in [0.2, 0.25) is 5.90 Å². The number of non-ortho nitro benzene ring substituents is 1.